The number of pyridine rings is 1. The molecule has 10 heteroatoms. The minimum atomic E-state index is -4.61. The molecule has 0 radical (unpaired) electrons. The zero-order valence-corrected chi connectivity index (χ0v) is 14.4. The highest BCUT2D eigenvalue weighted by atomic mass is 35.5. The summed E-state index contributed by atoms with van der Waals surface area (Å²) in [6.45, 7) is 0.106. The maximum absolute atomic E-state index is 12.9. The number of halogens is 4. The van der Waals surface area contributed by atoms with Gasteiger partial charge in [0.15, 0.2) is 5.82 Å². The number of hydrogen-bond acceptors (Lipinski definition) is 3. The molecule has 1 aromatic carbocycles. The van der Waals surface area contributed by atoms with E-state index in [4.69, 9.17) is 11.6 Å². The van der Waals surface area contributed by atoms with Crippen LogP contribution in [0, 0.1) is 0 Å². The van der Waals surface area contributed by atoms with Crippen molar-refractivity contribution >= 4 is 23.3 Å². The number of alkyl halides is 3. The normalized spacial score (nSPS) is 11.3. The van der Waals surface area contributed by atoms with Crippen LogP contribution < -0.4 is 10.6 Å². The first-order valence-electron chi connectivity index (χ1n) is 7.70. The SMILES string of the molecule is O=C(NCc1cccnc1-n1cccn1)Nc1ccc(Cl)c(C(F)(F)F)c1. The zero-order chi connectivity index (χ0) is 19.4. The Balaban J connectivity index is 1.68. The molecule has 0 unspecified atom stereocenters. The van der Waals surface area contributed by atoms with Gasteiger partial charge >= 0.3 is 12.2 Å². The quantitative estimate of drug-likeness (QED) is 0.693. The van der Waals surface area contributed by atoms with Gasteiger partial charge < -0.3 is 10.6 Å². The second-order valence-corrected chi connectivity index (χ2v) is 5.84. The lowest BCUT2D eigenvalue weighted by molar-refractivity contribution is -0.137. The molecule has 3 aromatic rings. The Labute approximate surface area is 157 Å². The van der Waals surface area contributed by atoms with Gasteiger partial charge in [-0.05, 0) is 30.3 Å². The van der Waals surface area contributed by atoms with E-state index in [1.165, 1.54) is 6.07 Å². The Morgan fingerprint density at radius 1 is 1.19 bits per heavy atom. The molecule has 6 nitrogen and oxygen atoms in total. The third kappa shape index (κ3) is 4.56. The molecule has 0 atom stereocenters. The van der Waals surface area contributed by atoms with Gasteiger partial charge in [-0.25, -0.2) is 14.5 Å². The summed E-state index contributed by atoms with van der Waals surface area (Å²) in [7, 11) is 0. The third-order valence-electron chi connectivity index (χ3n) is 3.56. The number of rotatable bonds is 4. The first-order valence-corrected chi connectivity index (χ1v) is 8.08. The molecule has 0 saturated heterocycles. The molecule has 0 aliphatic carbocycles. The number of urea groups is 1. The van der Waals surface area contributed by atoms with Crippen LogP contribution in [0.3, 0.4) is 0 Å². The molecule has 2 N–H and O–H groups in total. The van der Waals surface area contributed by atoms with E-state index in [2.05, 4.69) is 20.7 Å². The number of carbonyl (C=O) groups excluding carboxylic acids is 1. The molecule has 0 aliphatic heterocycles. The van der Waals surface area contributed by atoms with Crippen LogP contribution in [0.25, 0.3) is 5.82 Å². The van der Waals surface area contributed by atoms with Gasteiger partial charge in [-0.15, -0.1) is 0 Å². The molecule has 27 heavy (non-hydrogen) atoms. The van der Waals surface area contributed by atoms with Gasteiger partial charge in [0.1, 0.15) is 0 Å². The van der Waals surface area contributed by atoms with Crippen molar-refractivity contribution in [2.75, 3.05) is 5.32 Å². The minimum Gasteiger partial charge on any atom is -0.334 e. The highest BCUT2D eigenvalue weighted by Gasteiger charge is 2.33. The summed E-state index contributed by atoms with van der Waals surface area (Å²) >= 11 is 5.56. The fourth-order valence-electron chi connectivity index (χ4n) is 2.34. The van der Waals surface area contributed by atoms with Gasteiger partial charge in [0.05, 0.1) is 10.6 Å². The predicted molar refractivity (Wildman–Crippen MR) is 93.7 cm³/mol. The van der Waals surface area contributed by atoms with Crippen LogP contribution in [0.2, 0.25) is 5.02 Å². The van der Waals surface area contributed by atoms with Crippen molar-refractivity contribution in [3.05, 3.63) is 71.1 Å². The number of amides is 2. The van der Waals surface area contributed by atoms with Gasteiger partial charge in [0, 0.05) is 36.4 Å². The lowest BCUT2D eigenvalue weighted by Crippen LogP contribution is -2.29. The third-order valence-corrected chi connectivity index (χ3v) is 3.89. The summed E-state index contributed by atoms with van der Waals surface area (Å²) in [4.78, 5) is 16.3. The van der Waals surface area contributed by atoms with E-state index < -0.39 is 22.8 Å². The van der Waals surface area contributed by atoms with Crippen LogP contribution in [0.5, 0.6) is 0 Å². The molecule has 2 heterocycles. The van der Waals surface area contributed by atoms with Gasteiger partial charge in [-0.3, -0.25) is 0 Å². The average Bonchev–Trinajstić information content (AvgIpc) is 3.15. The molecule has 2 aromatic heterocycles. The Bertz CT molecular complexity index is 944. The maximum atomic E-state index is 12.9. The standard InChI is InChI=1S/C17H13ClF3N5O/c18-14-5-4-12(9-13(14)17(19,20)21)25-16(27)23-10-11-3-1-6-22-15(11)26-8-2-7-24-26/h1-9H,10H2,(H2,23,25,27). The van der Waals surface area contributed by atoms with E-state index in [-0.39, 0.29) is 12.2 Å². The fraction of sp³-hybridized carbons (Fsp3) is 0.118. The Morgan fingerprint density at radius 3 is 2.70 bits per heavy atom. The van der Waals surface area contributed by atoms with Crippen LogP contribution >= 0.6 is 11.6 Å². The molecule has 3 rings (SSSR count). The molecule has 140 valence electrons. The Kier molecular flexibility index (Phi) is 5.31. The highest BCUT2D eigenvalue weighted by molar-refractivity contribution is 6.31. The van der Waals surface area contributed by atoms with E-state index in [0.717, 1.165) is 12.1 Å². The average molecular weight is 396 g/mol. The predicted octanol–water partition coefficient (Wildman–Crippen LogP) is 4.26. The summed E-state index contributed by atoms with van der Waals surface area (Å²) in [5.74, 6) is 0.536. The molecule has 0 aliphatic rings. The number of aromatic nitrogens is 3. The second-order valence-electron chi connectivity index (χ2n) is 5.44. The van der Waals surface area contributed by atoms with Gasteiger partial charge in [-0.2, -0.15) is 18.3 Å². The number of hydrogen-bond donors (Lipinski definition) is 2. The van der Waals surface area contributed by atoms with Crippen molar-refractivity contribution in [3.63, 3.8) is 0 Å². The fourth-order valence-corrected chi connectivity index (χ4v) is 2.56. The van der Waals surface area contributed by atoms with Crippen molar-refractivity contribution in [3.8, 4) is 5.82 Å². The molecular formula is C17H13ClF3N5O. The molecule has 2 amide bonds. The second kappa shape index (κ2) is 7.67. The van der Waals surface area contributed by atoms with E-state index in [1.807, 2.05) is 0 Å². The van der Waals surface area contributed by atoms with Gasteiger partial charge in [-0.1, -0.05) is 17.7 Å². The number of nitrogens with zero attached hydrogens (tertiary/aromatic N) is 3. The lowest BCUT2D eigenvalue weighted by Gasteiger charge is -2.13. The Hall–Kier alpha value is -3.07. The van der Waals surface area contributed by atoms with Crippen LogP contribution in [-0.4, -0.2) is 20.8 Å². The number of carbonyl (C=O) groups is 1. The van der Waals surface area contributed by atoms with E-state index in [0.29, 0.717) is 11.4 Å². The van der Waals surface area contributed by atoms with Gasteiger partial charge in [0.2, 0.25) is 0 Å². The monoisotopic (exact) mass is 395 g/mol. The van der Waals surface area contributed by atoms with Crippen LogP contribution in [0.4, 0.5) is 23.7 Å². The van der Waals surface area contributed by atoms with Crippen molar-refractivity contribution in [2.24, 2.45) is 0 Å². The molecule has 0 fully saturated rings. The summed E-state index contributed by atoms with van der Waals surface area (Å²) in [6, 6.07) is 7.68. The first kappa shape index (κ1) is 18.7. The minimum absolute atomic E-state index is 0.0253. The Morgan fingerprint density at radius 2 is 2.00 bits per heavy atom. The van der Waals surface area contributed by atoms with Crippen molar-refractivity contribution < 1.29 is 18.0 Å². The largest absolute Gasteiger partial charge is 0.417 e. The van der Waals surface area contributed by atoms with Crippen LogP contribution in [-0.2, 0) is 12.7 Å². The summed E-state index contributed by atoms with van der Waals surface area (Å²) in [6.07, 6.45) is 0.280. The highest BCUT2D eigenvalue weighted by Crippen LogP contribution is 2.36. The summed E-state index contributed by atoms with van der Waals surface area (Å²) in [5, 5.41) is 8.58. The molecule has 0 saturated carbocycles. The zero-order valence-electron chi connectivity index (χ0n) is 13.7. The van der Waals surface area contributed by atoms with Crippen LogP contribution in [0.15, 0.2) is 55.0 Å². The van der Waals surface area contributed by atoms with Crippen molar-refractivity contribution in [1.29, 1.82) is 0 Å². The summed E-state index contributed by atoms with van der Waals surface area (Å²) < 4.78 is 40.2. The first-order chi connectivity index (χ1) is 12.8. The maximum Gasteiger partial charge on any atom is 0.417 e. The lowest BCUT2D eigenvalue weighted by atomic mass is 10.2. The molecular weight excluding hydrogens is 383 g/mol. The van der Waals surface area contributed by atoms with Gasteiger partial charge in [0.25, 0.3) is 0 Å². The smallest absolute Gasteiger partial charge is 0.334 e. The van der Waals surface area contributed by atoms with Crippen LogP contribution in [0.1, 0.15) is 11.1 Å². The van der Waals surface area contributed by atoms with E-state index >= 15 is 0 Å². The number of benzene rings is 1. The van der Waals surface area contributed by atoms with Crippen molar-refractivity contribution in [2.45, 2.75) is 12.7 Å². The topological polar surface area (TPSA) is 71.8 Å². The molecule has 0 bridgehead atoms. The van der Waals surface area contributed by atoms with E-state index in [1.54, 1.807) is 41.5 Å². The number of nitrogens with one attached hydrogen (secondary N) is 2. The molecule has 0 spiro atoms. The number of anilines is 1. The summed E-state index contributed by atoms with van der Waals surface area (Å²) in [5.41, 5.74) is -0.360. The van der Waals surface area contributed by atoms with Crippen molar-refractivity contribution in [1.82, 2.24) is 20.1 Å². The van der Waals surface area contributed by atoms with E-state index in [9.17, 15) is 18.0 Å².